The molecule has 26 heavy (non-hydrogen) atoms. The Hall–Kier alpha value is -2.25. The van der Waals surface area contributed by atoms with Crippen LogP contribution in [0.5, 0.6) is 0 Å². The van der Waals surface area contributed by atoms with E-state index in [2.05, 4.69) is 9.71 Å². The minimum Gasteiger partial charge on any atom is -0.468 e. The van der Waals surface area contributed by atoms with Crippen molar-refractivity contribution in [1.82, 2.24) is 9.71 Å². The minimum absolute atomic E-state index is 0.139. The molecule has 0 fully saturated rings. The summed E-state index contributed by atoms with van der Waals surface area (Å²) in [6, 6.07) is 11.4. The van der Waals surface area contributed by atoms with Gasteiger partial charge >= 0.3 is 5.97 Å². The number of aromatic nitrogens is 1. The lowest BCUT2D eigenvalue weighted by Crippen LogP contribution is -2.51. The van der Waals surface area contributed by atoms with Gasteiger partial charge in [0.1, 0.15) is 6.04 Å². The third-order valence-corrected chi connectivity index (χ3v) is 5.52. The summed E-state index contributed by atoms with van der Waals surface area (Å²) < 4.78 is 32.6. The molecule has 0 bridgehead atoms. The maximum absolute atomic E-state index is 12.6. The van der Waals surface area contributed by atoms with E-state index in [0.29, 0.717) is 6.42 Å². The zero-order valence-electron chi connectivity index (χ0n) is 15.4. The molecule has 140 valence electrons. The molecule has 6 nitrogen and oxygen atoms in total. The number of benzene rings is 1. The summed E-state index contributed by atoms with van der Waals surface area (Å²) in [5.74, 6) is -0.637. The first-order chi connectivity index (χ1) is 12.2. The summed E-state index contributed by atoms with van der Waals surface area (Å²) >= 11 is 0. The molecule has 7 heteroatoms. The van der Waals surface area contributed by atoms with Crippen LogP contribution in [0, 0.1) is 12.3 Å². The molecule has 0 spiro atoms. The fraction of sp³-hybridized carbons (Fsp3) is 0.368. The second-order valence-corrected chi connectivity index (χ2v) is 8.56. The smallest absolute Gasteiger partial charge is 0.324 e. The molecule has 2 aromatic rings. The highest BCUT2D eigenvalue weighted by atomic mass is 32.2. The van der Waals surface area contributed by atoms with Crippen LogP contribution in [0.3, 0.4) is 0 Å². The number of hydrogen-bond donors (Lipinski definition) is 1. The van der Waals surface area contributed by atoms with E-state index >= 15 is 0 Å². The van der Waals surface area contributed by atoms with Gasteiger partial charge in [-0.1, -0.05) is 49.7 Å². The van der Waals surface area contributed by atoms with Gasteiger partial charge in [-0.3, -0.25) is 4.79 Å². The standard InChI is InChI=1S/C19H24N2O4S/c1-14-8-10-15(11-9-14)13-19(2,3)17(18(22)25-4)21-26(23,24)16-7-5-6-12-20-16/h5-12,17,21H,13H2,1-4H3/t17-/m1/s1. The van der Waals surface area contributed by atoms with Crippen LogP contribution in [0.1, 0.15) is 25.0 Å². The monoisotopic (exact) mass is 376 g/mol. The Kier molecular flexibility index (Phi) is 6.15. The number of sulfonamides is 1. The summed E-state index contributed by atoms with van der Waals surface area (Å²) in [4.78, 5) is 16.2. The van der Waals surface area contributed by atoms with E-state index in [1.54, 1.807) is 12.1 Å². The van der Waals surface area contributed by atoms with Crippen LogP contribution >= 0.6 is 0 Å². The average Bonchev–Trinajstić information content (AvgIpc) is 2.61. The lowest BCUT2D eigenvalue weighted by Gasteiger charge is -2.32. The zero-order chi connectivity index (χ0) is 19.4. The first-order valence-electron chi connectivity index (χ1n) is 8.22. The van der Waals surface area contributed by atoms with Crippen molar-refractivity contribution in [2.45, 2.75) is 38.3 Å². The van der Waals surface area contributed by atoms with Crippen LogP contribution in [-0.2, 0) is 26.0 Å². The molecule has 0 unspecified atom stereocenters. The summed E-state index contributed by atoms with van der Waals surface area (Å²) in [6.07, 6.45) is 1.89. The van der Waals surface area contributed by atoms with Gasteiger partial charge < -0.3 is 4.74 Å². The van der Waals surface area contributed by atoms with Crippen LogP contribution in [0.25, 0.3) is 0 Å². The van der Waals surface area contributed by atoms with Crippen molar-refractivity contribution in [1.29, 1.82) is 0 Å². The van der Waals surface area contributed by atoms with E-state index in [0.717, 1.165) is 11.1 Å². The van der Waals surface area contributed by atoms with Crippen LogP contribution in [-0.4, -0.2) is 32.5 Å². The van der Waals surface area contributed by atoms with Gasteiger partial charge in [0, 0.05) is 6.20 Å². The van der Waals surface area contributed by atoms with Gasteiger partial charge in [0.15, 0.2) is 5.03 Å². The molecule has 0 radical (unpaired) electrons. The van der Waals surface area contributed by atoms with Gasteiger partial charge in [0.25, 0.3) is 10.0 Å². The highest BCUT2D eigenvalue weighted by molar-refractivity contribution is 7.89. The number of ether oxygens (including phenoxy) is 1. The van der Waals surface area contributed by atoms with Gasteiger partial charge in [-0.25, -0.2) is 13.4 Å². The Morgan fingerprint density at radius 3 is 2.38 bits per heavy atom. The van der Waals surface area contributed by atoms with E-state index in [9.17, 15) is 13.2 Å². The lowest BCUT2D eigenvalue weighted by molar-refractivity contribution is -0.145. The SMILES string of the molecule is COC(=O)[C@@H](NS(=O)(=O)c1ccccn1)C(C)(C)Cc1ccc(C)cc1. The summed E-state index contributed by atoms with van der Waals surface area (Å²) in [7, 11) is -2.72. The van der Waals surface area contributed by atoms with E-state index in [-0.39, 0.29) is 5.03 Å². The van der Waals surface area contributed by atoms with E-state index in [1.165, 1.54) is 19.4 Å². The number of carbonyl (C=O) groups is 1. The van der Waals surface area contributed by atoms with Crippen LogP contribution < -0.4 is 4.72 Å². The number of esters is 1. The van der Waals surface area contributed by atoms with Crippen molar-refractivity contribution >= 4 is 16.0 Å². The number of carbonyl (C=O) groups excluding carboxylic acids is 1. The largest absolute Gasteiger partial charge is 0.468 e. The molecule has 0 saturated heterocycles. The molecule has 1 aromatic carbocycles. The second-order valence-electron chi connectivity index (χ2n) is 6.90. The van der Waals surface area contributed by atoms with Crippen molar-refractivity contribution in [3.05, 3.63) is 59.8 Å². The van der Waals surface area contributed by atoms with Crippen LogP contribution in [0.4, 0.5) is 0 Å². The van der Waals surface area contributed by atoms with Gasteiger partial charge in [0.05, 0.1) is 7.11 Å². The Labute approximate surface area is 154 Å². The molecular formula is C19H24N2O4S. The molecule has 1 aromatic heterocycles. The van der Waals surface area contributed by atoms with Gasteiger partial charge in [0.2, 0.25) is 0 Å². The van der Waals surface area contributed by atoms with Gasteiger partial charge in [-0.2, -0.15) is 4.72 Å². The fourth-order valence-electron chi connectivity index (χ4n) is 2.70. The maximum atomic E-state index is 12.6. The molecule has 0 saturated carbocycles. The summed E-state index contributed by atoms with van der Waals surface area (Å²) in [5, 5.41) is -0.139. The topological polar surface area (TPSA) is 85.4 Å². The van der Waals surface area contributed by atoms with Gasteiger partial charge in [-0.15, -0.1) is 0 Å². The first-order valence-corrected chi connectivity index (χ1v) is 9.71. The molecular weight excluding hydrogens is 352 g/mol. The van der Waals surface area contributed by atoms with Crippen molar-refractivity contribution in [3.63, 3.8) is 0 Å². The van der Waals surface area contributed by atoms with Crippen LogP contribution in [0.2, 0.25) is 0 Å². The van der Waals surface area contributed by atoms with Gasteiger partial charge in [-0.05, 0) is 36.5 Å². The number of methoxy groups -OCH3 is 1. The first kappa shape index (κ1) is 20.1. The third-order valence-electron chi connectivity index (χ3n) is 4.18. The highest BCUT2D eigenvalue weighted by Gasteiger charge is 2.39. The predicted molar refractivity (Wildman–Crippen MR) is 99.0 cm³/mol. The molecule has 1 atom stereocenters. The summed E-state index contributed by atoms with van der Waals surface area (Å²) in [6.45, 7) is 5.65. The Morgan fingerprint density at radius 2 is 1.85 bits per heavy atom. The van der Waals surface area contributed by atoms with Crippen molar-refractivity contribution in [2.24, 2.45) is 5.41 Å². The predicted octanol–water partition coefficient (Wildman–Crippen LogP) is 2.48. The van der Waals surface area contributed by atoms with Crippen molar-refractivity contribution < 1.29 is 17.9 Å². The average molecular weight is 376 g/mol. The Morgan fingerprint density at radius 1 is 1.19 bits per heavy atom. The van der Waals surface area contributed by atoms with Crippen molar-refractivity contribution in [3.8, 4) is 0 Å². The minimum atomic E-state index is -3.96. The Bertz CT molecular complexity index is 847. The zero-order valence-corrected chi connectivity index (χ0v) is 16.2. The number of nitrogens with one attached hydrogen (secondary N) is 1. The van der Waals surface area contributed by atoms with E-state index in [1.807, 2.05) is 45.0 Å². The van der Waals surface area contributed by atoms with Crippen molar-refractivity contribution in [2.75, 3.05) is 7.11 Å². The quantitative estimate of drug-likeness (QED) is 0.751. The second kappa shape index (κ2) is 7.97. The molecule has 1 heterocycles. The van der Waals surface area contributed by atoms with E-state index in [4.69, 9.17) is 4.74 Å². The van der Waals surface area contributed by atoms with Crippen LogP contribution in [0.15, 0.2) is 53.7 Å². The molecule has 1 N–H and O–H groups in total. The molecule has 0 amide bonds. The normalized spacial score (nSPS) is 13.2. The fourth-order valence-corrected chi connectivity index (χ4v) is 4.00. The molecule has 0 aliphatic heterocycles. The number of hydrogen-bond acceptors (Lipinski definition) is 5. The van der Waals surface area contributed by atoms with E-state index < -0.39 is 27.4 Å². The third kappa shape index (κ3) is 4.89. The summed E-state index contributed by atoms with van der Waals surface area (Å²) in [5.41, 5.74) is 1.42. The number of aryl methyl sites for hydroxylation is 1. The number of rotatable bonds is 7. The maximum Gasteiger partial charge on any atom is 0.324 e. The molecule has 0 aliphatic rings. The number of nitrogens with zero attached hydrogens (tertiary/aromatic N) is 1. The molecule has 0 aliphatic carbocycles. The molecule has 2 rings (SSSR count). The highest BCUT2D eigenvalue weighted by Crippen LogP contribution is 2.28. The Balaban J connectivity index is 2.31. The number of pyridine rings is 1. The lowest BCUT2D eigenvalue weighted by atomic mass is 9.79.